The van der Waals surface area contributed by atoms with E-state index >= 15 is 0 Å². The molecule has 5 heteroatoms. The van der Waals surface area contributed by atoms with Crippen LogP contribution in [0.4, 0.5) is 4.79 Å². The molecule has 0 atom stereocenters. The molecule has 1 aliphatic rings. The number of ether oxygens (including phenoxy) is 1. The molecule has 0 bridgehead atoms. The van der Waals surface area contributed by atoms with E-state index in [1.54, 1.807) is 16.5 Å². The molecule has 1 aromatic heterocycles. The first-order valence-electron chi connectivity index (χ1n) is 3.87. The second-order valence-electron chi connectivity index (χ2n) is 2.54. The van der Waals surface area contributed by atoms with E-state index in [1.807, 2.05) is 12.2 Å². The van der Waals surface area contributed by atoms with E-state index in [2.05, 4.69) is 4.98 Å². The number of carbonyl (C=O) groups excluding carboxylic acids is 1. The molecular formula is C8H8N2O2S. The zero-order valence-electron chi connectivity index (χ0n) is 6.84. The second-order valence-corrected chi connectivity index (χ2v) is 3.40. The fourth-order valence-electron chi connectivity index (χ4n) is 1.03. The zero-order chi connectivity index (χ0) is 9.10. The van der Waals surface area contributed by atoms with Crippen LogP contribution < -0.4 is 4.74 Å². The second kappa shape index (κ2) is 3.57. The minimum atomic E-state index is -0.333. The topological polar surface area (TPSA) is 42.4 Å². The Hall–Kier alpha value is -1.36. The number of rotatable bonds is 1. The Morgan fingerprint density at radius 3 is 2.92 bits per heavy atom. The molecule has 68 valence electrons. The maximum atomic E-state index is 11.3. The summed E-state index contributed by atoms with van der Waals surface area (Å²) in [5.41, 5.74) is 0. The maximum Gasteiger partial charge on any atom is 0.417 e. The molecule has 0 N–H and O–H groups in total. The molecule has 4 nitrogen and oxygen atoms in total. The Kier molecular flexibility index (Phi) is 2.27. The largest absolute Gasteiger partial charge is 0.417 e. The third-order valence-electron chi connectivity index (χ3n) is 1.66. The highest BCUT2D eigenvalue weighted by Crippen LogP contribution is 2.15. The van der Waals surface area contributed by atoms with E-state index in [4.69, 9.17) is 4.74 Å². The van der Waals surface area contributed by atoms with Gasteiger partial charge in [-0.25, -0.2) is 9.78 Å². The highest BCUT2D eigenvalue weighted by Gasteiger charge is 2.16. The van der Waals surface area contributed by atoms with Gasteiger partial charge < -0.3 is 9.64 Å². The molecule has 1 amide bonds. The fourth-order valence-corrected chi connectivity index (χ4v) is 1.51. The summed E-state index contributed by atoms with van der Waals surface area (Å²) in [5.74, 6) is 0. The molecule has 13 heavy (non-hydrogen) atoms. The van der Waals surface area contributed by atoms with Gasteiger partial charge in [0.2, 0.25) is 0 Å². The van der Waals surface area contributed by atoms with Gasteiger partial charge in [-0.15, -0.1) is 0 Å². The molecule has 0 spiro atoms. The molecule has 2 heterocycles. The summed E-state index contributed by atoms with van der Waals surface area (Å²) in [4.78, 5) is 16.8. The first-order valence-corrected chi connectivity index (χ1v) is 4.75. The van der Waals surface area contributed by atoms with E-state index in [0.29, 0.717) is 18.3 Å². The van der Waals surface area contributed by atoms with Gasteiger partial charge >= 0.3 is 6.09 Å². The van der Waals surface area contributed by atoms with Gasteiger partial charge in [-0.3, -0.25) is 0 Å². The fraction of sp³-hybridized carbons (Fsp3) is 0.250. The molecule has 0 aromatic carbocycles. The van der Waals surface area contributed by atoms with Crippen LogP contribution in [0.3, 0.4) is 0 Å². The van der Waals surface area contributed by atoms with E-state index in [0.717, 1.165) is 0 Å². The van der Waals surface area contributed by atoms with E-state index < -0.39 is 0 Å². The lowest BCUT2D eigenvalue weighted by molar-refractivity contribution is 0.164. The highest BCUT2D eigenvalue weighted by atomic mass is 32.1. The number of thiazole rings is 1. The SMILES string of the molecule is O=C(Oc1nccs1)N1CC=CC1. The Balaban J connectivity index is 1.92. The predicted octanol–water partition coefficient (Wildman–Crippen LogP) is 1.51. The summed E-state index contributed by atoms with van der Waals surface area (Å²) < 4.78 is 4.99. The summed E-state index contributed by atoms with van der Waals surface area (Å²) in [6.45, 7) is 1.26. The third-order valence-corrected chi connectivity index (χ3v) is 2.31. The van der Waals surface area contributed by atoms with Crippen LogP contribution in [0, 0.1) is 0 Å². The quantitative estimate of drug-likeness (QED) is 0.639. The first kappa shape index (κ1) is 8.25. The van der Waals surface area contributed by atoms with Crippen molar-refractivity contribution in [3.05, 3.63) is 23.7 Å². The van der Waals surface area contributed by atoms with Crippen LogP contribution in [0.5, 0.6) is 5.19 Å². The van der Waals surface area contributed by atoms with Crippen molar-refractivity contribution >= 4 is 17.4 Å². The smallest absolute Gasteiger partial charge is 0.381 e. The molecule has 0 saturated heterocycles. The summed E-state index contributed by atoms with van der Waals surface area (Å²) in [6, 6.07) is 0. The predicted molar refractivity (Wildman–Crippen MR) is 48.9 cm³/mol. The normalized spacial score (nSPS) is 14.9. The van der Waals surface area contributed by atoms with Crippen LogP contribution in [-0.4, -0.2) is 29.1 Å². The van der Waals surface area contributed by atoms with Gasteiger partial charge in [0.25, 0.3) is 5.19 Å². The van der Waals surface area contributed by atoms with Gasteiger partial charge in [0.15, 0.2) is 0 Å². The van der Waals surface area contributed by atoms with E-state index in [1.165, 1.54) is 11.3 Å². The van der Waals surface area contributed by atoms with Gasteiger partial charge in [0.05, 0.1) is 0 Å². The van der Waals surface area contributed by atoms with Crippen LogP contribution in [0.15, 0.2) is 23.7 Å². The average Bonchev–Trinajstić information content (AvgIpc) is 2.74. The lowest BCUT2D eigenvalue weighted by Gasteiger charge is -2.12. The van der Waals surface area contributed by atoms with Gasteiger partial charge in [0, 0.05) is 24.7 Å². The first-order chi connectivity index (χ1) is 6.36. The van der Waals surface area contributed by atoms with E-state index in [-0.39, 0.29) is 6.09 Å². The minimum absolute atomic E-state index is 0.333. The summed E-state index contributed by atoms with van der Waals surface area (Å²) in [6.07, 6.45) is 5.14. The molecule has 0 aliphatic carbocycles. The van der Waals surface area contributed by atoms with E-state index in [9.17, 15) is 4.79 Å². The molecule has 2 rings (SSSR count). The van der Waals surface area contributed by atoms with Crippen molar-refractivity contribution in [3.63, 3.8) is 0 Å². The molecule has 1 aromatic rings. The van der Waals surface area contributed by atoms with Gasteiger partial charge in [-0.1, -0.05) is 23.5 Å². The standard InChI is InChI=1S/C8H8N2O2S/c11-8(10-4-1-2-5-10)12-7-9-3-6-13-7/h1-3,6H,4-5H2. The molecule has 0 fully saturated rings. The summed E-state index contributed by atoms with van der Waals surface area (Å²) in [5, 5.41) is 2.17. The summed E-state index contributed by atoms with van der Waals surface area (Å²) >= 11 is 1.31. The Labute approximate surface area is 79.5 Å². The number of hydrogen-bond donors (Lipinski definition) is 0. The lowest BCUT2D eigenvalue weighted by Crippen LogP contribution is -2.30. The van der Waals surface area contributed by atoms with Crippen LogP contribution in [0.25, 0.3) is 0 Å². The van der Waals surface area contributed by atoms with Crippen molar-refractivity contribution in [2.45, 2.75) is 0 Å². The number of carbonyl (C=O) groups is 1. The molecule has 0 unspecified atom stereocenters. The van der Waals surface area contributed by atoms with Crippen molar-refractivity contribution in [1.82, 2.24) is 9.88 Å². The van der Waals surface area contributed by atoms with Crippen molar-refractivity contribution in [3.8, 4) is 5.19 Å². The number of aromatic nitrogens is 1. The van der Waals surface area contributed by atoms with Crippen LogP contribution in [-0.2, 0) is 0 Å². The third kappa shape index (κ3) is 1.86. The Morgan fingerprint density at radius 2 is 2.31 bits per heavy atom. The van der Waals surface area contributed by atoms with Crippen LogP contribution in [0.2, 0.25) is 0 Å². The molecule has 0 radical (unpaired) electrons. The van der Waals surface area contributed by atoms with Gasteiger partial charge in [-0.2, -0.15) is 0 Å². The molecular weight excluding hydrogens is 188 g/mol. The van der Waals surface area contributed by atoms with Crippen LogP contribution in [0.1, 0.15) is 0 Å². The minimum Gasteiger partial charge on any atom is -0.381 e. The van der Waals surface area contributed by atoms with Crippen LogP contribution >= 0.6 is 11.3 Å². The average molecular weight is 196 g/mol. The number of hydrogen-bond acceptors (Lipinski definition) is 4. The molecule has 1 aliphatic heterocycles. The number of nitrogens with zero attached hydrogens (tertiary/aromatic N) is 2. The Morgan fingerprint density at radius 1 is 1.54 bits per heavy atom. The van der Waals surface area contributed by atoms with Gasteiger partial charge in [-0.05, 0) is 0 Å². The number of amides is 1. The summed E-state index contributed by atoms with van der Waals surface area (Å²) in [7, 11) is 0. The van der Waals surface area contributed by atoms with Crippen molar-refractivity contribution < 1.29 is 9.53 Å². The van der Waals surface area contributed by atoms with Crippen molar-refractivity contribution in [1.29, 1.82) is 0 Å². The van der Waals surface area contributed by atoms with Crippen molar-refractivity contribution in [2.75, 3.05) is 13.1 Å². The highest BCUT2D eigenvalue weighted by molar-refractivity contribution is 7.11. The monoisotopic (exact) mass is 196 g/mol. The maximum absolute atomic E-state index is 11.3. The van der Waals surface area contributed by atoms with Gasteiger partial charge in [0.1, 0.15) is 0 Å². The van der Waals surface area contributed by atoms with Crippen molar-refractivity contribution in [2.24, 2.45) is 0 Å². The Bertz CT molecular complexity index is 313. The lowest BCUT2D eigenvalue weighted by atomic mass is 10.6. The molecule has 0 saturated carbocycles. The zero-order valence-corrected chi connectivity index (χ0v) is 7.66.